The van der Waals surface area contributed by atoms with Gasteiger partial charge in [0.1, 0.15) is 0 Å². The van der Waals surface area contributed by atoms with Crippen molar-refractivity contribution >= 4 is 21.6 Å². The van der Waals surface area contributed by atoms with Crippen LogP contribution >= 0.6 is 15.9 Å². The number of nitrogens with zero attached hydrogens (tertiary/aromatic N) is 4. The number of rotatable bonds is 4. The van der Waals surface area contributed by atoms with Crippen LogP contribution in [0.4, 0.5) is 5.69 Å². The SMILES string of the molecule is C[C@@H](Cn1cc(Br)cn1)Nc1cnn(C(C)(C)C)c1. The minimum absolute atomic E-state index is 0.00994. The van der Waals surface area contributed by atoms with Gasteiger partial charge < -0.3 is 5.32 Å². The van der Waals surface area contributed by atoms with E-state index in [1.165, 1.54) is 0 Å². The lowest BCUT2D eigenvalue weighted by molar-refractivity contribution is 0.355. The fourth-order valence-electron chi connectivity index (χ4n) is 1.81. The molecule has 0 aliphatic rings. The van der Waals surface area contributed by atoms with Gasteiger partial charge >= 0.3 is 0 Å². The lowest BCUT2D eigenvalue weighted by Crippen LogP contribution is -2.23. The number of nitrogens with one attached hydrogen (secondary N) is 1. The normalized spacial score (nSPS) is 13.5. The van der Waals surface area contributed by atoms with Gasteiger partial charge in [-0.05, 0) is 43.6 Å². The molecule has 2 aromatic heterocycles. The van der Waals surface area contributed by atoms with E-state index < -0.39 is 0 Å². The van der Waals surface area contributed by atoms with Crippen LogP contribution in [0, 0.1) is 0 Å². The highest BCUT2D eigenvalue weighted by Gasteiger charge is 2.14. The quantitative estimate of drug-likeness (QED) is 0.939. The number of anilines is 1. The van der Waals surface area contributed by atoms with Crippen molar-refractivity contribution in [2.75, 3.05) is 5.32 Å². The molecule has 2 heterocycles. The molecular weight excluding hydrogens is 306 g/mol. The van der Waals surface area contributed by atoms with Crippen LogP contribution in [0.5, 0.6) is 0 Å². The summed E-state index contributed by atoms with van der Waals surface area (Å²) in [5.74, 6) is 0. The molecule has 2 rings (SSSR count). The first kappa shape index (κ1) is 14.1. The summed E-state index contributed by atoms with van der Waals surface area (Å²) < 4.78 is 4.88. The van der Waals surface area contributed by atoms with Gasteiger partial charge in [-0.2, -0.15) is 10.2 Å². The largest absolute Gasteiger partial charge is 0.378 e. The Kier molecular flexibility index (Phi) is 3.99. The zero-order valence-electron chi connectivity index (χ0n) is 11.8. The van der Waals surface area contributed by atoms with Crippen molar-refractivity contribution < 1.29 is 0 Å². The van der Waals surface area contributed by atoms with Gasteiger partial charge in [0.05, 0.1) is 34.6 Å². The number of aromatic nitrogens is 4. The molecule has 5 nitrogen and oxygen atoms in total. The topological polar surface area (TPSA) is 47.7 Å². The molecule has 0 aromatic carbocycles. The molecule has 6 heteroatoms. The van der Waals surface area contributed by atoms with E-state index in [0.29, 0.717) is 0 Å². The Balaban J connectivity index is 1.95. The van der Waals surface area contributed by atoms with Crippen LogP contribution in [0.2, 0.25) is 0 Å². The van der Waals surface area contributed by atoms with Crippen molar-refractivity contribution in [1.29, 1.82) is 0 Å². The van der Waals surface area contributed by atoms with Crippen molar-refractivity contribution in [3.8, 4) is 0 Å². The second-order valence-corrected chi connectivity index (χ2v) is 6.69. The lowest BCUT2D eigenvalue weighted by atomic mass is 10.1. The minimum atomic E-state index is 0.00994. The Morgan fingerprint density at radius 1 is 1.26 bits per heavy atom. The summed E-state index contributed by atoms with van der Waals surface area (Å²) in [6, 6.07) is 0.282. The van der Waals surface area contributed by atoms with E-state index in [2.05, 4.69) is 59.1 Å². The molecule has 0 unspecified atom stereocenters. The van der Waals surface area contributed by atoms with E-state index in [1.54, 1.807) is 6.20 Å². The van der Waals surface area contributed by atoms with Crippen molar-refractivity contribution in [3.63, 3.8) is 0 Å². The van der Waals surface area contributed by atoms with Crippen LogP contribution in [-0.2, 0) is 12.1 Å². The fourth-order valence-corrected chi connectivity index (χ4v) is 2.14. The fraction of sp³-hybridized carbons (Fsp3) is 0.538. The summed E-state index contributed by atoms with van der Waals surface area (Å²) in [5, 5.41) is 12.1. The van der Waals surface area contributed by atoms with Crippen LogP contribution < -0.4 is 5.32 Å². The highest BCUT2D eigenvalue weighted by Crippen LogP contribution is 2.16. The van der Waals surface area contributed by atoms with Gasteiger partial charge in [-0.25, -0.2) is 0 Å². The summed E-state index contributed by atoms with van der Waals surface area (Å²) in [5.41, 5.74) is 1.05. The van der Waals surface area contributed by atoms with Crippen molar-refractivity contribution in [3.05, 3.63) is 29.3 Å². The van der Waals surface area contributed by atoms with Crippen LogP contribution in [0.3, 0.4) is 0 Å². The molecule has 19 heavy (non-hydrogen) atoms. The first-order chi connectivity index (χ1) is 8.84. The van der Waals surface area contributed by atoms with Gasteiger partial charge in [-0.3, -0.25) is 9.36 Å². The summed E-state index contributed by atoms with van der Waals surface area (Å²) in [4.78, 5) is 0. The minimum Gasteiger partial charge on any atom is -0.378 e. The zero-order chi connectivity index (χ0) is 14.0. The molecule has 0 fully saturated rings. The smallest absolute Gasteiger partial charge is 0.0729 e. The highest BCUT2D eigenvalue weighted by atomic mass is 79.9. The Morgan fingerprint density at radius 2 is 2.00 bits per heavy atom. The molecular formula is C13H20BrN5. The molecule has 0 aliphatic carbocycles. The zero-order valence-corrected chi connectivity index (χ0v) is 13.3. The second-order valence-electron chi connectivity index (χ2n) is 5.77. The summed E-state index contributed by atoms with van der Waals surface area (Å²) in [6.07, 6.45) is 7.66. The van der Waals surface area contributed by atoms with E-state index in [1.807, 2.05) is 28.0 Å². The molecule has 2 aromatic rings. The molecule has 0 bridgehead atoms. The van der Waals surface area contributed by atoms with Crippen LogP contribution in [0.25, 0.3) is 0 Å². The Bertz CT molecular complexity index is 537. The van der Waals surface area contributed by atoms with Gasteiger partial charge in [-0.15, -0.1) is 0 Å². The first-order valence-electron chi connectivity index (χ1n) is 6.34. The van der Waals surface area contributed by atoms with Gasteiger partial charge in [0.15, 0.2) is 0 Å². The van der Waals surface area contributed by atoms with Crippen LogP contribution in [0.15, 0.2) is 29.3 Å². The molecule has 0 radical (unpaired) electrons. The average Bonchev–Trinajstić information content (AvgIpc) is 2.87. The van der Waals surface area contributed by atoms with Gasteiger partial charge in [0, 0.05) is 18.4 Å². The summed E-state index contributed by atoms with van der Waals surface area (Å²) in [7, 11) is 0. The Morgan fingerprint density at radius 3 is 2.53 bits per heavy atom. The van der Waals surface area contributed by atoms with Crippen molar-refractivity contribution in [1.82, 2.24) is 19.6 Å². The standard InChI is InChI=1S/C13H20BrN5/c1-10(7-18-8-11(14)5-15-18)17-12-6-16-19(9-12)13(2,3)4/h5-6,8-10,17H,7H2,1-4H3/t10-/m0/s1. The lowest BCUT2D eigenvalue weighted by Gasteiger charge is -2.19. The van der Waals surface area contributed by atoms with Crippen LogP contribution in [-0.4, -0.2) is 25.6 Å². The summed E-state index contributed by atoms with van der Waals surface area (Å²) in [6.45, 7) is 9.34. The Hall–Kier alpha value is -1.30. The highest BCUT2D eigenvalue weighted by molar-refractivity contribution is 9.10. The third kappa shape index (κ3) is 3.83. The molecule has 104 valence electrons. The summed E-state index contributed by atoms with van der Waals surface area (Å²) >= 11 is 3.40. The maximum absolute atomic E-state index is 4.38. The third-order valence-electron chi connectivity index (χ3n) is 2.75. The third-order valence-corrected chi connectivity index (χ3v) is 3.16. The van der Waals surface area contributed by atoms with Crippen LogP contribution in [0.1, 0.15) is 27.7 Å². The van der Waals surface area contributed by atoms with E-state index in [0.717, 1.165) is 16.7 Å². The van der Waals surface area contributed by atoms with Gasteiger partial charge in [-0.1, -0.05) is 0 Å². The van der Waals surface area contributed by atoms with Crippen molar-refractivity contribution in [2.45, 2.75) is 45.8 Å². The average molecular weight is 326 g/mol. The molecule has 0 saturated carbocycles. The monoisotopic (exact) mass is 325 g/mol. The molecule has 1 atom stereocenters. The maximum Gasteiger partial charge on any atom is 0.0729 e. The Labute approximate surface area is 122 Å². The number of halogens is 1. The first-order valence-corrected chi connectivity index (χ1v) is 7.13. The molecule has 0 amide bonds. The maximum atomic E-state index is 4.38. The molecule has 0 saturated heterocycles. The molecule has 1 N–H and O–H groups in total. The molecule has 0 spiro atoms. The predicted octanol–water partition coefficient (Wildman–Crippen LogP) is 3.10. The second kappa shape index (κ2) is 5.36. The number of hydrogen-bond donors (Lipinski definition) is 1. The van der Waals surface area contributed by atoms with E-state index in [9.17, 15) is 0 Å². The van der Waals surface area contributed by atoms with E-state index in [4.69, 9.17) is 0 Å². The van der Waals surface area contributed by atoms with E-state index >= 15 is 0 Å². The molecule has 0 aliphatic heterocycles. The van der Waals surface area contributed by atoms with Crippen molar-refractivity contribution in [2.24, 2.45) is 0 Å². The van der Waals surface area contributed by atoms with E-state index in [-0.39, 0.29) is 11.6 Å². The predicted molar refractivity (Wildman–Crippen MR) is 80.2 cm³/mol. The number of hydrogen-bond acceptors (Lipinski definition) is 3. The van der Waals surface area contributed by atoms with Gasteiger partial charge in [0.25, 0.3) is 0 Å². The van der Waals surface area contributed by atoms with Gasteiger partial charge in [0.2, 0.25) is 0 Å².